The number of nitrogens with one attached hydrogen (secondary N) is 1. The van der Waals surface area contributed by atoms with Crippen molar-refractivity contribution in [2.24, 2.45) is 11.8 Å². The van der Waals surface area contributed by atoms with Gasteiger partial charge in [-0.25, -0.2) is 8.42 Å². The second-order valence-corrected chi connectivity index (χ2v) is 7.78. The maximum atomic E-state index is 12.7. The van der Waals surface area contributed by atoms with Crippen LogP contribution in [-0.4, -0.2) is 31.7 Å². The van der Waals surface area contributed by atoms with Crippen LogP contribution in [0, 0.1) is 18.8 Å². The largest absolute Gasteiger partial charge is 0.326 e. The Hall–Kier alpha value is -1.40. The lowest BCUT2D eigenvalue weighted by molar-refractivity contribution is -0.117. The van der Waals surface area contributed by atoms with Crippen LogP contribution in [0.1, 0.15) is 32.8 Å². The Morgan fingerprint density at radius 1 is 1.32 bits per heavy atom. The molecule has 0 heterocycles. The molecule has 0 bridgehead atoms. The number of carbonyl (C=O) groups excluding carboxylic acids is 1. The average molecular weight is 324 g/mol. The zero-order chi connectivity index (χ0) is 16.5. The third kappa shape index (κ3) is 3.33. The Morgan fingerprint density at radius 2 is 1.91 bits per heavy atom. The van der Waals surface area contributed by atoms with Crippen molar-refractivity contribution in [3.8, 4) is 0 Å². The van der Waals surface area contributed by atoms with Crippen LogP contribution < -0.4 is 5.32 Å². The van der Waals surface area contributed by atoms with E-state index in [4.69, 9.17) is 0 Å². The summed E-state index contributed by atoms with van der Waals surface area (Å²) in [4.78, 5) is 12.3. The summed E-state index contributed by atoms with van der Waals surface area (Å²) < 4.78 is 26.8. The summed E-state index contributed by atoms with van der Waals surface area (Å²) in [6.45, 7) is 8.29. The Bertz CT molecular complexity index is 666. The first kappa shape index (κ1) is 17.0. The van der Waals surface area contributed by atoms with Gasteiger partial charge in [0.15, 0.2) is 0 Å². The van der Waals surface area contributed by atoms with Gasteiger partial charge in [0.05, 0.1) is 4.90 Å². The molecule has 2 atom stereocenters. The molecule has 0 aliphatic heterocycles. The molecule has 2 rings (SSSR count). The molecule has 1 aromatic rings. The molecule has 2 unspecified atom stereocenters. The van der Waals surface area contributed by atoms with E-state index in [1.165, 1.54) is 4.31 Å². The zero-order valence-corrected chi connectivity index (χ0v) is 14.4. The van der Waals surface area contributed by atoms with E-state index in [0.29, 0.717) is 30.3 Å². The quantitative estimate of drug-likeness (QED) is 0.874. The number of rotatable bonds is 6. The molecular weight excluding hydrogens is 300 g/mol. The van der Waals surface area contributed by atoms with E-state index in [1.54, 1.807) is 25.1 Å². The highest BCUT2D eigenvalue weighted by Gasteiger charge is 2.39. The van der Waals surface area contributed by atoms with Gasteiger partial charge < -0.3 is 5.32 Å². The third-order valence-electron chi connectivity index (χ3n) is 4.23. The fraction of sp³-hybridized carbons (Fsp3) is 0.562. The number of hydrogen-bond donors (Lipinski definition) is 1. The topological polar surface area (TPSA) is 66.5 Å². The summed E-state index contributed by atoms with van der Waals surface area (Å²) in [7, 11) is -3.52. The molecule has 22 heavy (non-hydrogen) atoms. The van der Waals surface area contributed by atoms with E-state index in [1.807, 2.05) is 20.8 Å². The molecule has 5 nitrogen and oxygen atoms in total. The summed E-state index contributed by atoms with van der Waals surface area (Å²) in [5, 5.41) is 2.83. The third-order valence-corrected chi connectivity index (χ3v) is 6.42. The molecule has 1 aromatic carbocycles. The predicted octanol–water partition coefficient (Wildman–Crippen LogP) is 2.62. The lowest BCUT2D eigenvalue weighted by Gasteiger charge is -2.20. The second kappa shape index (κ2) is 6.38. The van der Waals surface area contributed by atoms with Gasteiger partial charge in [-0.1, -0.05) is 26.8 Å². The van der Waals surface area contributed by atoms with Gasteiger partial charge in [-0.3, -0.25) is 4.79 Å². The molecule has 1 saturated carbocycles. The fourth-order valence-corrected chi connectivity index (χ4v) is 4.29. The SMILES string of the molecule is CCN(CC)S(=O)(=O)c1cc(NC(=O)C2CC2C)ccc1C. The Labute approximate surface area is 132 Å². The molecule has 122 valence electrons. The number of amides is 1. The Morgan fingerprint density at radius 3 is 2.41 bits per heavy atom. The van der Waals surface area contributed by atoms with E-state index in [2.05, 4.69) is 5.32 Å². The summed E-state index contributed by atoms with van der Waals surface area (Å²) in [6.07, 6.45) is 0.905. The number of nitrogens with zero attached hydrogens (tertiary/aromatic N) is 1. The van der Waals surface area contributed by atoms with Crippen LogP contribution in [-0.2, 0) is 14.8 Å². The van der Waals surface area contributed by atoms with E-state index >= 15 is 0 Å². The van der Waals surface area contributed by atoms with Crippen LogP contribution in [0.4, 0.5) is 5.69 Å². The van der Waals surface area contributed by atoms with Crippen LogP contribution >= 0.6 is 0 Å². The standard InChI is InChI=1S/C16H24N2O3S/c1-5-18(6-2)22(20,21)15-10-13(8-7-11(15)3)17-16(19)14-9-12(14)4/h7-8,10,12,14H,5-6,9H2,1-4H3,(H,17,19). The van der Waals surface area contributed by atoms with E-state index in [-0.39, 0.29) is 16.7 Å². The molecule has 1 fully saturated rings. The van der Waals surface area contributed by atoms with Gasteiger partial charge in [0.1, 0.15) is 0 Å². The highest BCUT2D eigenvalue weighted by atomic mass is 32.2. The Kier molecular flexibility index (Phi) is 4.92. The van der Waals surface area contributed by atoms with E-state index in [9.17, 15) is 13.2 Å². The van der Waals surface area contributed by atoms with Crippen LogP contribution in [0.5, 0.6) is 0 Å². The predicted molar refractivity (Wildman–Crippen MR) is 87.2 cm³/mol. The number of sulfonamides is 1. The molecule has 1 N–H and O–H groups in total. The lowest BCUT2D eigenvalue weighted by atomic mass is 10.2. The van der Waals surface area contributed by atoms with Crippen molar-refractivity contribution in [1.82, 2.24) is 4.31 Å². The molecular formula is C16H24N2O3S. The normalized spacial score (nSPS) is 21.0. The van der Waals surface area contributed by atoms with Crippen molar-refractivity contribution in [3.63, 3.8) is 0 Å². The minimum absolute atomic E-state index is 0.0254. The number of aryl methyl sites for hydroxylation is 1. The zero-order valence-electron chi connectivity index (χ0n) is 13.6. The van der Waals surface area contributed by atoms with Gasteiger partial charge in [-0.05, 0) is 37.0 Å². The van der Waals surface area contributed by atoms with Crippen molar-refractivity contribution in [2.45, 2.75) is 39.0 Å². The first-order valence-electron chi connectivity index (χ1n) is 7.72. The van der Waals surface area contributed by atoms with Crippen LogP contribution in [0.3, 0.4) is 0 Å². The molecule has 1 aliphatic carbocycles. The molecule has 0 aromatic heterocycles. The first-order valence-corrected chi connectivity index (χ1v) is 9.16. The van der Waals surface area contributed by atoms with Gasteiger partial charge in [0.2, 0.25) is 15.9 Å². The Balaban J connectivity index is 2.29. The molecule has 0 spiro atoms. The molecule has 0 radical (unpaired) electrons. The minimum Gasteiger partial charge on any atom is -0.326 e. The maximum Gasteiger partial charge on any atom is 0.243 e. The fourth-order valence-electron chi connectivity index (χ4n) is 2.58. The van der Waals surface area contributed by atoms with Gasteiger partial charge in [0, 0.05) is 24.7 Å². The van der Waals surface area contributed by atoms with Crippen molar-refractivity contribution in [3.05, 3.63) is 23.8 Å². The van der Waals surface area contributed by atoms with Crippen LogP contribution in [0.25, 0.3) is 0 Å². The maximum absolute atomic E-state index is 12.7. The van der Waals surface area contributed by atoms with Crippen LogP contribution in [0.15, 0.2) is 23.1 Å². The summed E-state index contributed by atoms with van der Waals surface area (Å²) in [5.41, 5.74) is 1.23. The molecule has 1 aliphatic rings. The second-order valence-electron chi connectivity index (χ2n) is 5.88. The van der Waals surface area contributed by atoms with Crippen LogP contribution in [0.2, 0.25) is 0 Å². The highest BCUT2D eigenvalue weighted by Crippen LogP contribution is 2.38. The monoisotopic (exact) mass is 324 g/mol. The van der Waals surface area contributed by atoms with Gasteiger partial charge in [-0.15, -0.1) is 0 Å². The molecule has 1 amide bonds. The molecule has 6 heteroatoms. The minimum atomic E-state index is -3.52. The van der Waals surface area contributed by atoms with E-state index in [0.717, 1.165) is 6.42 Å². The van der Waals surface area contributed by atoms with Gasteiger partial charge in [-0.2, -0.15) is 4.31 Å². The van der Waals surface area contributed by atoms with Crippen molar-refractivity contribution in [1.29, 1.82) is 0 Å². The number of anilines is 1. The van der Waals surface area contributed by atoms with Crippen molar-refractivity contribution < 1.29 is 13.2 Å². The lowest BCUT2D eigenvalue weighted by Crippen LogP contribution is -2.31. The first-order chi connectivity index (χ1) is 10.3. The van der Waals surface area contributed by atoms with Gasteiger partial charge in [0.25, 0.3) is 0 Å². The molecule has 0 saturated heterocycles. The van der Waals surface area contributed by atoms with Crippen molar-refractivity contribution >= 4 is 21.6 Å². The number of benzene rings is 1. The summed E-state index contributed by atoms with van der Waals surface area (Å²) >= 11 is 0. The smallest absolute Gasteiger partial charge is 0.243 e. The van der Waals surface area contributed by atoms with Gasteiger partial charge >= 0.3 is 0 Å². The average Bonchev–Trinajstić information content (AvgIpc) is 3.19. The highest BCUT2D eigenvalue weighted by molar-refractivity contribution is 7.89. The van der Waals surface area contributed by atoms with Crippen molar-refractivity contribution in [2.75, 3.05) is 18.4 Å². The summed E-state index contributed by atoms with van der Waals surface area (Å²) in [6, 6.07) is 5.05. The van der Waals surface area contributed by atoms with E-state index < -0.39 is 10.0 Å². The number of hydrogen-bond acceptors (Lipinski definition) is 3. The number of carbonyl (C=O) groups is 1. The summed E-state index contributed by atoms with van der Waals surface area (Å²) in [5.74, 6) is 0.455.